The summed E-state index contributed by atoms with van der Waals surface area (Å²) < 4.78 is 72.3. The molecule has 0 aromatic heterocycles. The van der Waals surface area contributed by atoms with Gasteiger partial charge in [-0.15, -0.1) is 0 Å². The monoisotopic (exact) mass is 984 g/mol. The van der Waals surface area contributed by atoms with Gasteiger partial charge in [0.2, 0.25) is 20.0 Å². The Labute approximate surface area is 402 Å². The van der Waals surface area contributed by atoms with E-state index in [1.165, 1.54) is 45.0 Å². The molecular weight excluding hydrogens is 913 g/mol. The molecule has 1 amide bonds. The second-order valence-corrected chi connectivity index (χ2v) is 21.7. The summed E-state index contributed by atoms with van der Waals surface area (Å²) >= 11 is 0. The van der Waals surface area contributed by atoms with Crippen molar-refractivity contribution in [2.45, 2.75) is 100 Å². The van der Waals surface area contributed by atoms with Gasteiger partial charge in [-0.05, 0) is 97.7 Å². The lowest BCUT2D eigenvalue weighted by atomic mass is 10.0. The zero-order chi connectivity index (χ0) is 50.0. The largest absolute Gasteiger partial charge is 0.443 e. The van der Waals surface area contributed by atoms with Crippen molar-refractivity contribution in [3.05, 3.63) is 120 Å². The van der Waals surface area contributed by atoms with E-state index in [1.807, 2.05) is 88.4 Å². The van der Waals surface area contributed by atoms with Gasteiger partial charge in [0.1, 0.15) is 6.10 Å². The zero-order valence-electron chi connectivity index (χ0n) is 39.7. The number of nitrogen functional groups attached to an aromatic ring is 2. The summed E-state index contributed by atoms with van der Waals surface area (Å²) in [4.78, 5) is 13.2. The number of hydrogen-bond donors (Lipinski definition) is 7. The van der Waals surface area contributed by atoms with Gasteiger partial charge in [-0.25, -0.2) is 21.6 Å². The van der Waals surface area contributed by atoms with E-state index < -0.39 is 56.5 Å². The average molecular weight is 985 g/mol. The van der Waals surface area contributed by atoms with E-state index in [0.29, 0.717) is 30.9 Å². The lowest BCUT2D eigenvalue weighted by Gasteiger charge is -2.31. The number of amides is 1. The number of rotatable bonds is 20. The number of carbonyl (C=O) groups excluding carboxylic acids is 1. The zero-order valence-corrected chi connectivity index (χ0v) is 41.3. The highest BCUT2D eigenvalue weighted by Crippen LogP contribution is 2.33. The maximum Gasteiger partial charge on any atom is 0.407 e. The fourth-order valence-corrected chi connectivity index (χ4v) is 10.9. The van der Waals surface area contributed by atoms with Gasteiger partial charge in [0.15, 0.2) is 6.29 Å². The predicted molar refractivity (Wildman–Crippen MR) is 263 cm³/mol. The smallest absolute Gasteiger partial charge is 0.407 e. The Bertz CT molecular complexity index is 2310. The molecule has 2 fully saturated rings. The quantitative estimate of drug-likeness (QED) is 0.0612. The van der Waals surface area contributed by atoms with Crippen LogP contribution < -0.4 is 22.5 Å². The minimum atomic E-state index is -3.93. The standard InChI is InChI=1S/C27H37N3O7S.C20H29N3O3S.C2H6O/c1-18(2)15-30(38(33,34)21-10-8-20(28)9-11-21)16-24(31)23(14-19-6-4-3-5-7-19)29-27(32)37-25-17-36-26-22(25)12-13-35-26;1-15(2)13-23(27(25,26)18-10-8-17(21)9-11-18)14-20(24)19(22)12-16-6-4-3-5-7-16;1-2-3/h3-11,18,22-26,31H,12-17,28H2,1-2H3,(H,29,32);3-11,15,19-20,24H,12-14,21-22H2,1-2H3;3H,2H2,1H3/t22-,23-,24+,25-,26+;19-,20+;/m00./s1. The van der Waals surface area contributed by atoms with Crippen LogP contribution in [0.15, 0.2) is 119 Å². The molecular formula is C49H72N6O11S2. The molecule has 2 aliphatic rings. The summed E-state index contributed by atoms with van der Waals surface area (Å²) in [5.74, 6) is 0.0798. The van der Waals surface area contributed by atoms with E-state index in [1.54, 1.807) is 19.1 Å². The Morgan fingerprint density at radius 2 is 1.15 bits per heavy atom. The molecule has 2 heterocycles. The highest BCUT2D eigenvalue weighted by molar-refractivity contribution is 7.89. The molecule has 0 bridgehead atoms. The van der Waals surface area contributed by atoms with Crippen molar-refractivity contribution in [2.75, 3.05) is 57.5 Å². The Morgan fingerprint density at radius 1 is 0.706 bits per heavy atom. The van der Waals surface area contributed by atoms with Gasteiger partial charge in [0, 0.05) is 50.2 Å². The number of carbonyl (C=O) groups is 1. The Hall–Kier alpha value is -4.67. The molecule has 2 aliphatic heterocycles. The number of nitrogens with two attached hydrogens (primary N) is 3. The van der Waals surface area contributed by atoms with Crippen LogP contribution in [0.25, 0.3) is 0 Å². The molecule has 0 aliphatic carbocycles. The Kier molecular flexibility index (Phi) is 22.1. The van der Waals surface area contributed by atoms with Gasteiger partial charge in [-0.3, -0.25) is 0 Å². The first-order valence-electron chi connectivity index (χ1n) is 23.0. The van der Waals surface area contributed by atoms with Gasteiger partial charge in [0.05, 0.1) is 47.2 Å². The van der Waals surface area contributed by atoms with Crippen LogP contribution in [-0.2, 0) is 47.1 Å². The van der Waals surface area contributed by atoms with Crippen LogP contribution in [-0.4, -0.2) is 130 Å². The fraction of sp³-hybridized carbons (Fsp3) is 0.490. The molecule has 0 radical (unpaired) electrons. The van der Waals surface area contributed by atoms with Crippen LogP contribution in [0.4, 0.5) is 16.2 Å². The van der Waals surface area contributed by atoms with Gasteiger partial charge in [-0.1, -0.05) is 88.4 Å². The second kappa shape index (κ2) is 26.9. The minimum absolute atomic E-state index is 0.000183. The summed E-state index contributed by atoms with van der Waals surface area (Å²) in [5, 5.41) is 32.2. The number of benzene rings is 4. The number of aliphatic hydroxyl groups is 3. The van der Waals surface area contributed by atoms with Gasteiger partial charge in [0.25, 0.3) is 0 Å². The summed E-state index contributed by atoms with van der Waals surface area (Å²) in [5.41, 5.74) is 20.4. The Balaban J connectivity index is 0.000000295. The molecule has 6 rings (SSSR count). The molecule has 0 spiro atoms. The molecule has 0 saturated carbocycles. The predicted octanol–water partition coefficient (Wildman–Crippen LogP) is 4.22. The summed E-state index contributed by atoms with van der Waals surface area (Å²) in [6, 6.07) is 29.6. The number of nitrogens with zero attached hydrogens (tertiary/aromatic N) is 2. The van der Waals surface area contributed by atoms with Crippen LogP contribution >= 0.6 is 0 Å². The van der Waals surface area contributed by atoms with Crippen LogP contribution in [0.5, 0.6) is 0 Å². The van der Waals surface area contributed by atoms with Crippen LogP contribution in [0.2, 0.25) is 0 Å². The molecule has 17 nitrogen and oxygen atoms in total. The molecule has 10 N–H and O–H groups in total. The molecule has 4 aromatic rings. The van der Waals surface area contributed by atoms with Crippen molar-refractivity contribution in [2.24, 2.45) is 23.5 Å². The molecule has 68 heavy (non-hydrogen) atoms. The molecule has 2 saturated heterocycles. The van der Waals surface area contributed by atoms with E-state index in [9.17, 15) is 31.8 Å². The van der Waals surface area contributed by atoms with Crippen LogP contribution in [0.3, 0.4) is 0 Å². The number of nitrogens with one attached hydrogen (secondary N) is 1. The van der Waals surface area contributed by atoms with Gasteiger partial charge < -0.3 is 52.0 Å². The van der Waals surface area contributed by atoms with Crippen molar-refractivity contribution < 1.29 is 51.2 Å². The number of aliphatic hydroxyl groups excluding tert-OH is 3. The maximum absolute atomic E-state index is 13.5. The van der Waals surface area contributed by atoms with Gasteiger partial charge >= 0.3 is 6.09 Å². The molecule has 376 valence electrons. The van der Waals surface area contributed by atoms with E-state index in [4.69, 9.17) is 36.5 Å². The SMILES string of the molecule is CC(C)CN(C[C@@H](O)[C@@H](N)Cc1ccccc1)S(=O)(=O)c1ccc(N)cc1.CC(C)CN(C[C@@H](O)[C@H](Cc1ccccc1)NC(=O)O[C@H]1CO[C@H]2OCC[C@H]21)S(=O)(=O)c1ccc(N)cc1.CCO. The normalized spacial score (nSPS) is 18.8. The van der Waals surface area contributed by atoms with E-state index in [2.05, 4.69) is 5.32 Å². The van der Waals surface area contributed by atoms with Crippen LogP contribution in [0.1, 0.15) is 52.2 Å². The number of sulfonamides is 2. The summed E-state index contributed by atoms with van der Waals surface area (Å²) in [6.07, 6.45) is -2.19. The van der Waals surface area contributed by atoms with E-state index >= 15 is 0 Å². The van der Waals surface area contributed by atoms with E-state index in [-0.39, 0.29) is 73.1 Å². The van der Waals surface area contributed by atoms with Crippen molar-refractivity contribution in [3.8, 4) is 0 Å². The minimum Gasteiger partial charge on any atom is -0.443 e. The molecule has 19 heteroatoms. The van der Waals surface area contributed by atoms with Crippen molar-refractivity contribution in [1.82, 2.24) is 13.9 Å². The average Bonchev–Trinajstić information content (AvgIpc) is 3.92. The maximum atomic E-state index is 13.5. The Morgan fingerprint density at radius 3 is 1.60 bits per heavy atom. The molecule has 4 aromatic carbocycles. The highest BCUT2D eigenvalue weighted by Gasteiger charge is 2.44. The number of hydrogen-bond acceptors (Lipinski definition) is 14. The third-order valence-corrected chi connectivity index (χ3v) is 14.8. The number of fused-ring (bicyclic) bond motifs is 1. The molecule has 0 unspecified atom stereocenters. The first kappa shape index (κ1) is 55.9. The van der Waals surface area contributed by atoms with Gasteiger partial charge in [-0.2, -0.15) is 8.61 Å². The van der Waals surface area contributed by atoms with Crippen molar-refractivity contribution in [3.63, 3.8) is 0 Å². The lowest BCUT2D eigenvalue weighted by Crippen LogP contribution is -2.51. The third-order valence-electron chi connectivity index (χ3n) is 11.1. The third kappa shape index (κ3) is 17.1. The summed E-state index contributed by atoms with van der Waals surface area (Å²) in [7, 11) is -7.68. The molecule has 7 atom stereocenters. The number of anilines is 2. The summed E-state index contributed by atoms with van der Waals surface area (Å²) in [6.45, 7) is 10.6. The fourth-order valence-electron chi connectivity index (χ4n) is 7.66. The number of ether oxygens (including phenoxy) is 3. The topological polar surface area (TPSA) is 270 Å². The first-order chi connectivity index (χ1) is 32.2. The highest BCUT2D eigenvalue weighted by atomic mass is 32.2. The van der Waals surface area contributed by atoms with Crippen molar-refractivity contribution in [1.29, 1.82) is 0 Å². The van der Waals surface area contributed by atoms with Crippen LogP contribution in [0, 0.1) is 17.8 Å². The first-order valence-corrected chi connectivity index (χ1v) is 25.8. The second-order valence-electron chi connectivity index (χ2n) is 17.8. The lowest BCUT2D eigenvalue weighted by molar-refractivity contribution is -0.0907. The number of alkyl carbamates (subject to hydrolysis) is 1. The van der Waals surface area contributed by atoms with Crippen molar-refractivity contribution >= 4 is 37.5 Å². The van der Waals surface area contributed by atoms with E-state index in [0.717, 1.165) is 17.5 Å².